The second kappa shape index (κ2) is 5.52. The molecule has 1 aromatic carbocycles. The van der Waals surface area contributed by atoms with Crippen LogP contribution in [0.5, 0.6) is 0 Å². The molecule has 0 amide bonds. The highest BCUT2D eigenvalue weighted by molar-refractivity contribution is 6.20. The summed E-state index contributed by atoms with van der Waals surface area (Å²) in [7, 11) is 0. The number of nitrogens with zero attached hydrogens (tertiary/aromatic N) is 2. The van der Waals surface area contributed by atoms with Gasteiger partial charge in [0.2, 0.25) is 0 Å². The lowest BCUT2D eigenvalue weighted by atomic mass is 9.96. The van der Waals surface area contributed by atoms with Crippen molar-refractivity contribution in [1.29, 1.82) is 0 Å². The minimum absolute atomic E-state index is 0.0368. The van der Waals surface area contributed by atoms with E-state index in [1.807, 2.05) is 0 Å². The number of benzene rings is 1. The van der Waals surface area contributed by atoms with Crippen molar-refractivity contribution in [2.45, 2.75) is 31.1 Å². The fourth-order valence-electron chi connectivity index (χ4n) is 2.51. The molecule has 1 aliphatic rings. The predicted molar refractivity (Wildman–Crippen MR) is 70.4 cm³/mol. The molecule has 0 N–H and O–H groups in total. The Morgan fingerprint density at radius 3 is 2.47 bits per heavy atom. The van der Waals surface area contributed by atoms with Gasteiger partial charge in [0.25, 0.3) is 11.4 Å². The van der Waals surface area contributed by atoms with Crippen molar-refractivity contribution < 1.29 is 9.85 Å². The molecule has 102 valence electrons. The Labute approximate surface area is 114 Å². The van der Waals surface area contributed by atoms with Gasteiger partial charge in [-0.1, -0.05) is 6.42 Å². The number of non-ortho nitro benzene ring substituents is 1. The van der Waals surface area contributed by atoms with E-state index < -0.39 is 9.85 Å². The fourth-order valence-corrected chi connectivity index (χ4v) is 2.88. The van der Waals surface area contributed by atoms with Crippen LogP contribution in [-0.2, 0) is 6.42 Å². The summed E-state index contributed by atoms with van der Waals surface area (Å²) in [5.41, 5.74) is 0.0717. The number of hydrogen-bond acceptors (Lipinski definition) is 4. The zero-order valence-corrected chi connectivity index (χ0v) is 10.9. The third kappa shape index (κ3) is 3.01. The first-order valence-corrected chi connectivity index (χ1v) is 6.48. The number of hydrogen-bond donors (Lipinski definition) is 0. The molecule has 2 unspecified atom stereocenters. The Morgan fingerprint density at radius 2 is 1.95 bits per heavy atom. The van der Waals surface area contributed by atoms with Crippen LogP contribution in [0.1, 0.15) is 24.8 Å². The molecule has 0 aliphatic heterocycles. The van der Waals surface area contributed by atoms with Crippen molar-refractivity contribution in [3.05, 3.63) is 44.0 Å². The van der Waals surface area contributed by atoms with Crippen molar-refractivity contribution in [3.63, 3.8) is 0 Å². The van der Waals surface area contributed by atoms with Crippen LogP contribution in [0.15, 0.2) is 18.2 Å². The van der Waals surface area contributed by atoms with Crippen molar-refractivity contribution in [2.24, 2.45) is 5.92 Å². The molecule has 0 saturated heterocycles. The molecule has 19 heavy (non-hydrogen) atoms. The van der Waals surface area contributed by atoms with E-state index in [4.69, 9.17) is 11.6 Å². The van der Waals surface area contributed by atoms with Gasteiger partial charge in [-0.2, -0.15) is 0 Å². The highest BCUT2D eigenvalue weighted by Crippen LogP contribution is 2.35. The average molecular weight is 285 g/mol. The molecule has 0 aromatic heterocycles. The second-order valence-electron chi connectivity index (χ2n) is 4.74. The molecule has 0 radical (unpaired) electrons. The van der Waals surface area contributed by atoms with Crippen LogP contribution in [0.25, 0.3) is 0 Å². The van der Waals surface area contributed by atoms with Gasteiger partial charge in [-0.25, -0.2) is 0 Å². The minimum Gasteiger partial charge on any atom is -0.258 e. The molecule has 0 spiro atoms. The average Bonchev–Trinajstić information content (AvgIpc) is 2.75. The Morgan fingerprint density at radius 1 is 1.21 bits per heavy atom. The first-order valence-electron chi connectivity index (χ1n) is 6.05. The van der Waals surface area contributed by atoms with Gasteiger partial charge in [-0.05, 0) is 31.2 Å². The molecule has 1 aliphatic carbocycles. The van der Waals surface area contributed by atoms with E-state index >= 15 is 0 Å². The Kier molecular flexibility index (Phi) is 3.99. The highest BCUT2D eigenvalue weighted by atomic mass is 35.5. The standard InChI is InChI=1S/C12H13ClN2O4/c13-11-3-1-2-8(11)6-9-4-5-10(14(16)17)7-12(9)15(18)19/h4-5,7-8,11H,1-3,6H2. The van der Waals surface area contributed by atoms with Crippen LogP contribution in [0, 0.1) is 26.1 Å². The Hall–Kier alpha value is -1.69. The quantitative estimate of drug-likeness (QED) is 0.481. The SMILES string of the molecule is O=[N+]([O-])c1ccc(CC2CCCC2Cl)c([N+](=O)[O-])c1. The molecule has 2 rings (SSSR count). The third-order valence-corrected chi connectivity index (χ3v) is 4.10. The normalized spacial score (nSPS) is 22.4. The molecule has 1 fully saturated rings. The summed E-state index contributed by atoms with van der Waals surface area (Å²) >= 11 is 6.16. The summed E-state index contributed by atoms with van der Waals surface area (Å²) < 4.78 is 0. The van der Waals surface area contributed by atoms with Crippen LogP contribution in [-0.4, -0.2) is 15.2 Å². The minimum atomic E-state index is -0.628. The van der Waals surface area contributed by atoms with Crippen LogP contribution < -0.4 is 0 Å². The molecule has 2 atom stereocenters. The van der Waals surface area contributed by atoms with E-state index in [2.05, 4.69) is 0 Å². The smallest absolute Gasteiger partial charge is 0.258 e. The molecular formula is C12H13ClN2O4. The van der Waals surface area contributed by atoms with Gasteiger partial charge in [0.05, 0.1) is 15.9 Å². The largest absolute Gasteiger partial charge is 0.279 e. The maximum atomic E-state index is 11.0. The van der Waals surface area contributed by atoms with Gasteiger partial charge >= 0.3 is 0 Å². The van der Waals surface area contributed by atoms with Crippen LogP contribution in [0.3, 0.4) is 0 Å². The fraction of sp³-hybridized carbons (Fsp3) is 0.500. The van der Waals surface area contributed by atoms with Crippen LogP contribution in [0.4, 0.5) is 11.4 Å². The van der Waals surface area contributed by atoms with Gasteiger partial charge < -0.3 is 0 Å². The first kappa shape index (κ1) is 13.7. The topological polar surface area (TPSA) is 86.3 Å². The Bertz CT molecular complexity index is 520. The summed E-state index contributed by atoms with van der Waals surface area (Å²) in [6.07, 6.45) is 3.40. The van der Waals surface area contributed by atoms with Crippen molar-refractivity contribution >= 4 is 23.0 Å². The number of halogens is 1. The number of alkyl halides is 1. The maximum absolute atomic E-state index is 11.0. The van der Waals surface area contributed by atoms with Gasteiger partial charge in [0.1, 0.15) is 0 Å². The van der Waals surface area contributed by atoms with Crippen LogP contribution >= 0.6 is 11.6 Å². The zero-order valence-electron chi connectivity index (χ0n) is 10.1. The van der Waals surface area contributed by atoms with Crippen molar-refractivity contribution in [2.75, 3.05) is 0 Å². The summed E-state index contributed by atoms with van der Waals surface area (Å²) in [6, 6.07) is 3.80. The molecule has 6 nitrogen and oxygen atoms in total. The van der Waals surface area contributed by atoms with Gasteiger partial charge in [-0.3, -0.25) is 20.2 Å². The number of nitro benzene ring substituents is 2. The van der Waals surface area contributed by atoms with Gasteiger partial charge in [0, 0.05) is 17.0 Å². The van der Waals surface area contributed by atoms with E-state index in [1.54, 1.807) is 0 Å². The van der Waals surface area contributed by atoms with Gasteiger partial charge in [0.15, 0.2) is 0 Å². The lowest BCUT2D eigenvalue weighted by Crippen LogP contribution is -2.11. The number of nitro groups is 2. The Balaban J connectivity index is 2.29. The van der Waals surface area contributed by atoms with Crippen LogP contribution in [0.2, 0.25) is 0 Å². The summed E-state index contributed by atoms with van der Waals surface area (Å²) in [5.74, 6) is 0.210. The van der Waals surface area contributed by atoms with E-state index in [-0.39, 0.29) is 22.7 Å². The lowest BCUT2D eigenvalue weighted by Gasteiger charge is -2.13. The molecule has 1 saturated carbocycles. The summed E-state index contributed by atoms with van der Waals surface area (Å²) in [5, 5.41) is 21.7. The third-order valence-electron chi connectivity index (χ3n) is 3.52. The van der Waals surface area contributed by atoms with E-state index in [0.717, 1.165) is 25.3 Å². The first-order chi connectivity index (χ1) is 8.99. The summed E-state index contributed by atoms with van der Waals surface area (Å²) in [6.45, 7) is 0. The monoisotopic (exact) mass is 284 g/mol. The molecule has 1 aromatic rings. The molecule has 0 bridgehead atoms. The lowest BCUT2D eigenvalue weighted by molar-refractivity contribution is -0.394. The van der Waals surface area contributed by atoms with Crippen molar-refractivity contribution in [3.8, 4) is 0 Å². The highest BCUT2D eigenvalue weighted by Gasteiger charge is 2.28. The van der Waals surface area contributed by atoms with E-state index in [1.165, 1.54) is 12.1 Å². The predicted octanol–water partition coefficient (Wildman–Crippen LogP) is 3.45. The summed E-state index contributed by atoms with van der Waals surface area (Å²) in [4.78, 5) is 20.5. The number of rotatable bonds is 4. The van der Waals surface area contributed by atoms with E-state index in [0.29, 0.717) is 12.0 Å². The van der Waals surface area contributed by atoms with E-state index in [9.17, 15) is 20.2 Å². The van der Waals surface area contributed by atoms with Crippen molar-refractivity contribution in [1.82, 2.24) is 0 Å². The van der Waals surface area contributed by atoms with Gasteiger partial charge in [-0.15, -0.1) is 11.6 Å². The zero-order chi connectivity index (χ0) is 14.0. The molecule has 0 heterocycles. The molecule has 7 heteroatoms. The second-order valence-corrected chi connectivity index (χ2v) is 5.30. The molecular weight excluding hydrogens is 272 g/mol. The maximum Gasteiger partial charge on any atom is 0.279 e.